The molecule has 0 saturated heterocycles. The van der Waals surface area contributed by atoms with E-state index in [4.69, 9.17) is 11.6 Å². The summed E-state index contributed by atoms with van der Waals surface area (Å²) in [6.07, 6.45) is 1.47. The van der Waals surface area contributed by atoms with Crippen LogP contribution < -0.4 is 5.32 Å². The van der Waals surface area contributed by atoms with Crippen LogP contribution >= 0.6 is 11.6 Å². The molecule has 1 heterocycles. The SMILES string of the molecule is Cc1ccc(NC(=O)c2cccc(-n3cnnn3)c2)cc1Cl. The van der Waals surface area contributed by atoms with E-state index in [-0.39, 0.29) is 5.91 Å². The van der Waals surface area contributed by atoms with E-state index in [0.29, 0.717) is 22.0 Å². The molecule has 0 aliphatic rings. The van der Waals surface area contributed by atoms with Gasteiger partial charge in [0.2, 0.25) is 0 Å². The number of carbonyl (C=O) groups excluding carboxylic acids is 1. The molecule has 110 valence electrons. The van der Waals surface area contributed by atoms with E-state index >= 15 is 0 Å². The van der Waals surface area contributed by atoms with Gasteiger partial charge in [-0.05, 0) is 53.2 Å². The fraction of sp³-hybridized carbons (Fsp3) is 0.0667. The Morgan fingerprint density at radius 1 is 1.23 bits per heavy atom. The minimum atomic E-state index is -0.227. The van der Waals surface area contributed by atoms with E-state index in [0.717, 1.165) is 5.56 Å². The number of rotatable bonds is 3. The Labute approximate surface area is 131 Å². The van der Waals surface area contributed by atoms with Crippen LogP contribution in [0.1, 0.15) is 15.9 Å². The molecule has 1 amide bonds. The third kappa shape index (κ3) is 2.96. The van der Waals surface area contributed by atoms with Crippen molar-refractivity contribution in [1.29, 1.82) is 0 Å². The molecular formula is C15H12ClN5O. The summed E-state index contributed by atoms with van der Waals surface area (Å²) in [5, 5.41) is 14.4. The Kier molecular flexibility index (Phi) is 3.84. The number of aromatic nitrogens is 4. The van der Waals surface area contributed by atoms with Gasteiger partial charge in [-0.25, -0.2) is 4.68 Å². The predicted molar refractivity (Wildman–Crippen MR) is 83.3 cm³/mol. The van der Waals surface area contributed by atoms with Crippen LogP contribution in [0.4, 0.5) is 5.69 Å². The molecule has 2 aromatic carbocycles. The van der Waals surface area contributed by atoms with Gasteiger partial charge in [-0.15, -0.1) is 5.10 Å². The number of aryl methyl sites for hydroxylation is 1. The number of amides is 1. The van der Waals surface area contributed by atoms with E-state index in [1.807, 2.05) is 25.1 Å². The van der Waals surface area contributed by atoms with Crippen molar-refractivity contribution in [3.63, 3.8) is 0 Å². The summed E-state index contributed by atoms with van der Waals surface area (Å²) in [5.74, 6) is -0.227. The minimum Gasteiger partial charge on any atom is -0.322 e. The van der Waals surface area contributed by atoms with Crippen LogP contribution in [-0.4, -0.2) is 26.1 Å². The normalized spacial score (nSPS) is 10.5. The first-order chi connectivity index (χ1) is 10.6. The highest BCUT2D eigenvalue weighted by Crippen LogP contribution is 2.20. The van der Waals surface area contributed by atoms with Crippen LogP contribution in [0.3, 0.4) is 0 Å². The average molecular weight is 314 g/mol. The van der Waals surface area contributed by atoms with Crippen LogP contribution in [0.25, 0.3) is 5.69 Å². The molecule has 0 atom stereocenters. The van der Waals surface area contributed by atoms with Crippen molar-refractivity contribution in [2.75, 3.05) is 5.32 Å². The number of nitrogens with one attached hydrogen (secondary N) is 1. The fourth-order valence-electron chi connectivity index (χ4n) is 1.94. The van der Waals surface area contributed by atoms with Gasteiger partial charge in [0.05, 0.1) is 5.69 Å². The zero-order valence-corrected chi connectivity index (χ0v) is 12.4. The van der Waals surface area contributed by atoms with Crippen molar-refractivity contribution in [2.45, 2.75) is 6.92 Å². The van der Waals surface area contributed by atoms with Crippen molar-refractivity contribution in [2.24, 2.45) is 0 Å². The number of nitrogens with zero attached hydrogens (tertiary/aromatic N) is 4. The third-order valence-corrected chi connectivity index (χ3v) is 3.56. The number of anilines is 1. The summed E-state index contributed by atoms with van der Waals surface area (Å²) in [7, 11) is 0. The maximum absolute atomic E-state index is 12.3. The minimum absolute atomic E-state index is 0.227. The monoisotopic (exact) mass is 313 g/mol. The highest BCUT2D eigenvalue weighted by molar-refractivity contribution is 6.31. The molecule has 6 nitrogen and oxygen atoms in total. The van der Waals surface area contributed by atoms with E-state index in [1.54, 1.807) is 24.3 Å². The van der Waals surface area contributed by atoms with Gasteiger partial charge in [0.25, 0.3) is 5.91 Å². The number of halogens is 1. The van der Waals surface area contributed by atoms with Crippen molar-refractivity contribution in [1.82, 2.24) is 20.2 Å². The molecule has 0 bridgehead atoms. The standard InChI is InChI=1S/C15H12ClN5O/c1-10-5-6-12(8-14(10)16)18-15(22)11-3-2-4-13(7-11)21-9-17-19-20-21/h2-9H,1H3,(H,18,22). The Morgan fingerprint density at radius 3 is 2.82 bits per heavy atom. The predicted octanol–water partition coefficient (Wildman–Crippen LogP) is 2.88. The molecule has 1 N–H and O–H groups in total. The lowest BCUT2D eigenvalue weighted by Gasteiger charge is -2.08. The average Bonchev–Trinajstić information content (AvgIpc) is 3.05. The summed E-state index contributed by atoms with van der Waals surface area (Å²) >= 11 is 6.06. The lowest BCUT2D eigenvalue weighted by atomic mass is 10.1. The second kappa shape index (κ2) is 5.95. The van der Waals surface area contributed by atoms with Gasteiger partial charge < -0.3 is 5.32 Å². The Hall–Kier alpha value is -2.73. The van der Waals surface area contributed by atoms with Crippen LogP contribution in [0.2, 0.25) is 5.02 Å². The number of hydrogen-bond acceptors (Lipinski definition) is 4. The van der Waals surface area contributed by atoms with Gasteiger partial charge in [-0.2, -0.15) is 0 Å². The fourth-order valence-corrected chi connectivity index (χ4v) is 2.12. The first-order valence-electron chi connectivity index (χ1n) is 6.54. The Morgan fingerprint density at radius 2 is 2.09 bits per heavy atom. The highest BCUT2D eigenvalue weighted by atomic mass is 35.5. The van der Waals surface area contributed by atoms with Crippen LogP contribution in [-0.2, 0) is 0 Å². The first-order valence-corrected chi connectivity index (χ1v) is 6.92. The topological polar surface area (TPSA) is 72.7 Å². The maximum atomic E-state index is 12.3. The molecule has 0 aliphatic heterocycles. The molecule has 0 saturated carbocycles. The van der Waals surface area contributed by atoms with Crippen molar-refractivity contribution in [3.05, 3.63) is 64.9 Å². The molecule has 0 fully saturated rings. The van der Waals surface area contributed by atoms with E-state index < -0.39 is 0 Å². The van der Waals surface area contributed by atoms with Gasteiger partial charge in [0.1, 0.15) is 6.33 Å². The van der Waals surface area contributed by atoms with Crippen LogP contribution in [0, 0.1) is 6.92 Å². The largest absolute Gasteiger partial charge is 0.322 e. The molecule has 22 heavy (non-hydrogen) atoms. The molecule has 0 unspecified atom stereocenters. The van der Waals surface area contributed by atoms with Crippen LogP contribution in [0.5, 0.6) is 0 Å². The van der Waals surface area contributed by atoms with E-state index in [9.17, 15) is 4.79 Å². The molecule has 0 spiro atoms. The lowest BCUT2D eigenvalue weighted by Crippen LogP contribution is -2.12. The van der Waals surface area contributed by atoms with Crippen molar-refractivity contribution >= 4 is 23.2 Å². The molecule has 7 heteroatoms. The van der Waals surface area contributed by atoms with Crippen molar-refractivity contribution < 1.29 is 4.79 Å². The summed E-state index contributed by atoms with van der Waals surface area (Å²) in [6, 6.07) is 12.4. The molecule has 3 aromatic rings. The third-order valence-electron chi connectivity index (χ3n) is 3.15. The van der Waals surface area contributed by atoms with E-state index in [2.05, 4.69) is 20.8 Å². The van der Waals surface area contributed by atoms with E-state index in [1.165, 1.54) is 11.0 Å². The second-order valence-corrected chi connectivity index (χ2v) is 5.13. The molecule has 0 aliphatic carbocycles. The molecule has 1 aromatic heterocycles. The Bertz CT molecular complexity index is 817. The van der Waals surface area contributed by atoms with Crippen LogP contribution in [0.15, 0.2) is 48.8 Å². The number of hydrogen-bond donors (Lipinski definition) is 1. The lowest BCUT2D eigenvalue weighted by molar-refractivity contribution is 0.102. The molecule has 0 radical (unpaired) electrons. The maximum Gasteiger partial charge on any atom is 0.255 e. The first kappa shape index (κ1) is 14.2. The summed E-state index contributed by atoms with van der Waals surface area (Å²) in [6.45, 7) is 1.91. The van der Waals surface area contributed by atoms with Gasteiger partial charge in [0, 0.05) is 16.3 Å². The second-order valence-electron chi connectivity index (χ2n) is 4.72. The molecule has 3 rings (SSSR count). The molecular weight excluding hydrogens is 302 g/mol. The van der Waals surface area contributed by atoms with Crippen molar-refractivity contribution in [3.8, 4) is 5.69 Å². The zero-order chi connectivity index (χ0) is 15.5. The smallest absolute Gasteiger partial charge is 0.255 e. The summed E-state index contributed by atoms with van der Waals surface area (Å²) in [4.78, 5) is 12.3. The number of carbonyl (C=O) groups is 1. The highest BCUT2D eigenvalue weighted by Gasteiger charge is 2.09. The number of tetrazole rings is 1. The number of benzene rings is 2. The summed E-state index contributed by atoms with van der Waals surface area (Å²) in [5.41, 5.74) is 2.82. The van der Waals surface area contributed by atoms with Gasteiger partial charge >= 0.3 is 0 Å². The van der Waals surface area contributed by atoms with Gasteiger partial charge in [-0.1, -0.05) is 23.7 Å². The van der Waals surface area contributed by atoms with Gasteiger partial charge in [-0.3, -0.25) is 4.79 Å². The van der Waals surface area contributed by atoms with Gasteiger partial charge in [0.15, 0.2) is 0 Å². The summed E-state index contributed by atoms with van der Waals surface area (Å²) < 4.78 is 1.49. The Balaban J connectivity index is 1.83. The quantitative estimate of drug-likeness (QED) is 0.807. The zero-order valence-electron chi connectivity index (χ0n) is 11.7.